The van der Waals surface area contributed by atoms with Crippen molar-refractivity contribution in [3.63, 3.8) is 0 Å². The van der Waals surface area contributed by atoms with Gasteiger partial charge in [0.1, 0.15) is 0 Å². The third-order valence-electron chi connectivity index (χ3n) is 2.54. The van der Waals surface area contributed by atoms with Crippen molar-refractivity contribution >= 4 is 21.8 Å². The monoisotopic (exact) mass is 304 g/mol. The molecule has 18 heavy (non-hydrogen) atoms. The van der Waals surface area contributed by atoms with Gasteiger partial charge in [0.15, 0.2) is 0 Å². The largest absolute Gasteiger partial charge is 0.352 e. The fourth-order valence-electron chi connectivity index (χ4n) is 1.61. The average Bonchev–Trinajstić information content (AvgIpc) is 2.40. The highest BCUT2D eigenvalue weighted by Gasteiger charge is 2.07. The van der Waals surface area contributed by atoms with Crippen LogP contribution in [0.3, 0.4) is 0 Å². The lowest BCUT2D eigenvalue weighted by Gasteiger charge is -2.06. The lowest BCUT2D eigenvalue weighted by Crippen LogP contribution is -2.26. The topological polar surface area (TPSA) is 42.0 Å². The zero-order valence-corrected chi connectivity index (χ0v) is 11.4. The minimum atomic E-state index is -0.0636. The molecule has 0 saturated carbocycles. The molecular weight excluding hydrogens is 292 g/mol. The van der Waals surface area contributed by atoms with Gasteiger partial charge in [0.05, 0.1) is 5.56 Å². The summed E-state index contributed by atoms with van der Waals surface area (Å²) in [5, 5.41) is 2.89. The van der Waals surface area contributed by atoms with Crippen molar-refractivity contribution in [2.45, 2.75) is 6.42 Å². The van der Waals surface area contributed by atoms with E-state index >= 15 is 0 Å². The molecule has 0 aliphatic heterocycles. The van der Waals surface area contributed by atoms with Crippen molar-refractivity contribution in [1.82, 2.24) is 10.3 Å². The van der Waals surface area contributed by atoms with Gasteiger partial charge in [-0.2, -0.15) is 0 Å². The van der Waals surface area contributed by atoms with Crippen LogP contribution in [-0.2, 0) is 6.42 Å². The zero-order valence-electron chi connectivity index (χ0n) is 9.77. The molecule has 0 spiro atoms. The van der Waals surface area contributed by atoms with E-state index in [2.05, 4.69) is 26.2 Å². The Labute approximate surface area is 114 Å². The zero-order chi connectivity index (χ0) is 12.8. The normalized spacial score (nSPS) is 10.1. The number of rotatable bonds is 4. The maximum Gasteiger partial charge on any atom is 0.252 e. The highest BCUT2D eigenvalue weighted by atomic mass is 79.9. The molecule has 0 saturated heterocycles. The number of benzene rings is 1. The van der Waals surface area contributed by atoms with E-state index in [0.29, 0.717) is 12.1 Å². The molecule has 0 aliphatic rings. The SMILES string of the molecule is O=C(NCCc1cccnc1)c1ccccc1Br. The van der Waals surface area contributed by atoms with Crippen LogP contribution in [0.25, 0.3) is 0 Å². The summed E-state index contributed by atoms with van der Waals surface area (Å²) in [6.45, 7) is 0.603. The van der Waals surface area contributed by atoms with Crippen LogP contribution in [0.4, 0.5) is 0 Å². The highest BCUT2D eigenvalue weighted by molar-refractivity contribution is 9.10. The van der Waals surface area contributed by atoms with Crippen LogP contribution in [0.5, 0.6) is 0 Å². The van der Waals surface area contributed by atoms with Gasteiger partial charge in [0, 0.05) is 23.4 Å². The van der Waals surface area contributed by atoms with Gasteiger partial charge in [0.25, 0.3) is 5.91 Å². The van der Waals surface area contributed by atoms with Crippen molar-refractivity contribution in [1.29, 1.82) is 0 Å². The van der Waals surface area contributed by atoms with Gasteiger partial charge in [-0.3, -0.25) is 9.78 Å². The van der Waals surface area contributed by atoms with Crippen LogP contribution in [0.1, 0.15) is 15.9 Å². The number of pyridine rings is 1. The number of halogens is 1. The number of carbonyl (C=O) groups is 1. The highest BCUT2D eigenvalue weighted by Crippen LogP contribution is 2.15. The van der Waals surface area contributed by atoms with E-state index in [1.165, 1.54) is 0 Å². The molecule has 3 nitrogen and oxygen atoms in total. The van der Waals surface area contributed by atoms with E-state index in [1.807, 2.05) is 36.5 Å². The van der Waals surface area contributed by atoms with E-state index in [4.69, 9.17) is 0 Å². The van der Waals surface area contributed by atoms with Crippen molar-refractivity contribution in [2.24, 2.45) is 0 Å². The summed E-state index contributed by atoms with van der Waals surface area (Å²) in [5.41, 5.74) is 1.77. The Kier molecular flexibility index (Phi) is 4.47. The van der Waals surface area contributed by atoms with Gasteiger partial charge >= 0.3 is 0 Å². The van der Waals surface area contributed by atoms with E-state index < -0.39 is 0 Å². The number of hydrogen-bond acceptors (Lipinski definition) is 2. The second kappa shape index (κ2) is 6.31. The fourth-order valence-corrected chi connectivity index (χ4v) is 2.07. The van der Waals surface area contributed by atoms with Gasteiger partial charge in [-0.25, -0.2) is 0 Å². The van der Waals surface area contributed by atoms with E-state index in [-0.39, 0.29) is 5.91 Å². The molecule has 0 fully saturated rings. The Morgan fingerprint density at radius 2 is 2.06 bits per heavy atom. The molecule has 0 radical (unpaired) electrons. The van der Waals surface area contributed by atoms with E-state index in [9.17, 15) is 4.79 Å². The van der Waals surface area contributed by atoms with Crippen LogP contribution in [-0.4, -0.2) is 17.4 Å². The first-order valence-corrected chi connectivity index (χ1v) is 6.48. The molecule has 0 bridgehead atoms. The van der Waals surface area contributed by atoms with Crippen molar-refractivity contribution in [3.05, 3.63) is 64.4 Å². The van der Waals surface area contributed by atoms with Crippen LogP contribution in [0.15, 0.2) is 53.3 Å². The smallest absolute Gasteiger partial charge is 0.252 e. The van der Waals surface area contributed by atoms with Gasteiger partial charge < -0.3 is 5.32 Å². The second-order valence-corrected chi connectivity index (χ2v) is 4.70. The third-order valence-corrected chi connectivity index (χ3v) is 3.23. The molecule has 1 aromatic carbocycles. The molecule has 1 aromatic heterocycles. The number of amides is 1. The molecule has 1 amide bonds. The molecule has 1 N–H and O–H groups in total. The van der Waals surface area contributed by atoms with E-state index in [1.54, 1.807) is 12.3 Å². The first kappa shape index (κ1) is 12.8. The molecule has 92 valence electrons. The number of hydrogen-bond donors (Lipinski definition) is 1. The quantitative estimate of drug-likeness (QED) is 0.944. The van der Waals surface area contributed by atoms with Crippen LogP contribution in [0, 0.1) is 0 Å². The van der Waals surface area contributed by atoms with Gasteiger partial charge in [-0.05, 0) is 46.1 Å². The molecular formula is C14H13BrN2O. The first-order chi connectivity index (χ1) is 8.77. The second-order valence-electron chi connectivity index (χ2n) is 3.85. The first-order valence-electron chi connectivity index (χ1n) is 5.69. The summed E-state index contributed by atoms with van der Waals surface area (Å²) in [7, 11) is 0. The summed E-state index contributed by atoms with van der Waals surface area (Å²) < 4.78 is 0.809. The minimum Gasteiger partial charge on any atom is -0.352 e. The Hall–Kier alpha value is -1.68. The molecule has 1 heterocycles. The van der Waals surface area contributed by atoms with Crippen LogP contribution < -0.4 is 5.32 Å². The Morgan fingerprint density at radius 1 is 1.22 bits per heavy atom. The van der Waals surface area contributed by atoms with Gasteiger partial charge in [-0.15, -0.1) is 0 Å². The molecule has 0 atom stereocenters. The standard InChI is InChI=1S/C14H13BrN2O/c15-13-6-2-1-5-12(13)14(18)17-9-7-11-4-3-8-16-10-11/h1-6,8,10H,7,9H2,(H,17,18). The van der Waals surface area contributed by atoms with Gasteiger partial charge in [0.2, 0.25) is 0 Å². The molecule has 4 heteroatoms. The summed E-state index contributed by atoms with van der Waals surface area (Å²) >= 11 is 3.36. The predicted molar refractivity (Wildman–Crippen MR) is 74.4 cm³/mol. The number of nitrogens with one attached hydrogen (secondary N) is 1. The molecule has 2 rings (SSSR count). The Bertz CT molecular complexity index is 528. The van der Waals surface area contributed by atoms with Crippen molar-refractivity contribution in [3.8, 4) is 0 Å². The average molecular weight is 305 g/mol. The summed E-state index contributed by atoms with van der Waals surface area (Å²) in [4.78, 5) is 15.9. The molecule has 2 aromatic rings. The number of carbonyl (C=O) groups excluding carboxylic acids is 1. The maximum absolute atomic E-state index is 11.9. The van der Waals surface area contributed by atoms with Gasteiger partial charge in [-0.1, -0.05) is 18.2 Å². The maximum atomic E-state index is 11.9. The number of nitrogens with zero attached hydrogens (tertiary/aromatic N) is 1. The van der Waals surface area contributed by atoms with Crippen molar-refractivity contribution in [2.75, 3.05) is 6.54 Å². The lowest BCUT2D eigenvalue weighted by molar-refractivity contribution is 0.0953. The summed E-state index contributed by atoms with van der Waals surface area (Å²) in [6.07, 6.45) is 4.33. The van der Waals surface area contributed by atoms with Crippen LogP contribution in [0.2, 0.25) is 0 Å². The summed E-state index contributed by atoms with van der Waals surface area (Å²) in [6, 6.07) is 11.3. The summed E-state index contributed by atoms with van der Waals surface area (Å²) in [5.74, 6) is -0.0636. The Morgan fingerprint density at radius 3 is 2.78 bits per heavy atom. The lowest BCUT2D eigenvalue weighted by atomic mass is 10.2. The van der Waals surface area contributed by atoms with Crippen molar-refractivity contribution < 1.29 is 4.79 Å². The third kappa shape index (κ3) is 3.40. The Balaban J connectivity index is 1.88. The fraction of sp³-hybridized carbons (Fsp3) is 0.143. The van der Waals surface area contributed by atoms with Crippen LogP contribution >= 0.6 is 15.9 Å². The van der Waals surface area contributed by atoms with E-state index in [0.717, 1.165) is 16.5 Å². The minimum absolute atomic E-state index is 0.0636. The molecule has 0 unspecified atom stereocenters. The molecule has 0 aliphatic carbocycles. The predicted octanol–water partition coefficient (Wildman–Crippen LogP) is 2.82. The number of aromatic nitrogens is 1.